The summed E-state index contributed by atoms with van der Waals surface area (Å²) in [5.41, 5.74) is 1.11. The fourth-order valence-electron chi connectivity index (χ4n) is 2.24. The Morgan fingerprint density at radius 3 is 2.93 bits per heavy atom. The fourth-order valence-corrected chi connectivity index (χ4v) is 2.24. The molecule has 0 spiro atoms. The molecule has 1 aliphatic rings. The quantitative estimate of drug-likeness (QED) is 0.772. The Kier molecular flexibility index (Phi) is 3.44. The molecular formula is C11H19N3. The third-order valence-electron chi connectivity index (χ3n) is 3.10. The highest BCUT2D eigenvalue weighted by molar-refractivity contribution is 5.37. The molecule has 3 nitrogen and oxygen atoms in total. The predicted molar refractivity (Wildman–Crippen MR) is 58.3 cm³/mol. The van der Waals surface area contributed by atoms with Gasteiger partial charge in [0.15, 0.2) is 0 Å². The highest BCUT2D eigenvalue weighted by Crippen LogP contribution is 2.26. The molecule has 3 heteroatoms. The lowest BCUT2D eigenvalue weighted by atomic mass is 9.87. The van der Waals surface area contributed by atoms with Gasteiger partial charge in [0.1, 0.15) is 0 Å². The first kappa shape index (κ1) is 9.56. The first-order valence-corrected chi connectivity index (χ1v) is 5.68. The molecule has 0 aliphatic heterocycles. The van der Waals surface area contributed by atoms with Gasteiger partial charge in [-0.15, -0.1) is 0 Å². The van der Waals surface area contributed by atoms with Gasteiger partial charge in [-0.25, -0.2) is 0 Å². The molecule has 1 fully saturated rings. The van der Waals surface area contributed by atoms with E-state index in [4.69, 9.17) is 0 Å². The highest BCUT2D eigenvalue weighted by Gasteiger charge is 2.12. The first-order valence-electron chi connectivity index (χ1n) is 5.68. The van der Waals surface area contributed by atoms with E-state index in [0.717, 1.165) is 18.2 Å². The Morgan fingerprint density at radius 2 is 2.21 bits per heavy atom. The van der Waals surface area contributed by atoms with Crippen LogP contribution in [0.2, 0.25) is 0 Å². The van der Waals surface area contributed by atoms with Gasteiger partial charge in [-0.05, 0) is 12.3 Å². The number of hydrogen-bond donors (Lipinski definition) is 2. The maximum Gasteiger partial charge on any atom is 0.0723 e. The molecule has 1 saturated carbocycles. The van der Waals surface area contributed by atoms with Gasteiger partial charge >= 0.3 is 0 Å². The van der Waals surface area contributed by atoms with Crippen molar-refractivity contribution in [1.29, 1.82) is 0 Å². The zero-order valence-electron chi connectivity index (χ0n) is 8.63. The molecule has 0 radical (unpaired) electrons. The van der Waals surface area contributed by atoms with Crippen LogP contribution in [0.15, 0.2) is 12.4 Å². The number of rotatable bonds is 4. The predicted octanol–water partition coefficient (Wildman–Crippen LogP) is 2.79. The van der Waals surface area contributed by atoms with Crippen LogP contribution in [-0.4, -0.2) is 16.7 Å². The van der Waals surface area contributed by atoms with Crippen molar-refractivity contribution in [3.63, 3.8) is 0 Å². The molecule has 0 aromatic carbocycles. The molecule has 0 unspecified atom stereocenters. The molecule has 78 valence electrons. The first-order chi connectivity index (χ1) is 6.95. The van der Waals surface area contributed by atoms with Gasteiger partial charge < -0.3 is 5.32 Å². The smallest absolute Gasteiger partial charge is 0.0723 e. The normalized spacial score (nSPS) is 18.3. The van der Waals surface area contributed by atoms with Crippen molar-refractivity contribution in [3.05, 3.63) is 12.4 Å². The minimum Gasteiger partial charge on any atom is -0.383 e. The molecular weight excluding hydrogens is 174 g/mol. The van der Waals surface area contributed by atoms with Gasteiger partial charge in [-0.1, -0.05) is 32.1 Å². The second-order valence-electron chi connectivity index (χ2n) is 4.21. The van der Waals surface area contributed by atoms with Gasteiger partial charge in [0.05, 0.1) is 11.9 Å². The van der Waals surface area contributed by atoms with Gasteiger partial charge in [0.2, 0.25) is 0 Å². The molecule has 2 rings (SSSR count). The van der Waals surface area contributed by atoms with E-state index < -0.39 is 0 Å². The van der Waals surface area contributed by atoms with E-state index in [9.17, 15) is 0 Å². The van der Waals surface area contributed by atoms with E-state index >= 15 is 0 Å². The largest absolute Gasteiger partial charge is 0.383 e. The highest BCUT2D eigenvalue weighted by atomic mass is 15.1. The Morgan fingerprint density at radius 1 is 1.36 bits per heavy atom. The summed E-state index contributed by atoms with van der Waals surface area (Å²) in [4.78, 5) is 0. The lowest BCUT2D eigenvalue weighted by molar-refractivity contribution is 0.345. The Hall–Kier alpha value is -0.990. The van der Waals surface area contributed by atoms with Crippen LogP contribution in [0.25, 0.3) is 0 Å². The molecule has 0 atom stereocenters. The zero-order chi connectivity index (χ0) is 9.64. The second-order valence-corrected chi connectivity index (χ2v) is 4.21. The van der Waals surface area contributed by atoms with Crippen molar-refractivity contribution in [2.45, 2.75) is 38.5 Å². The monoisotopic (exact) mass is 193 g/mol. The van der Waals surface area contributed by atoms with Crippen LogP contribution in [-0.2, 0) is 0 Å². The maximum atomic E-state index is 3.90. The summed E-state index contributed by atoms with van der Waals surface area (Å²) in [5.74, 6) is 0.961. The average molecular weight is 193 g/mol. The van der Waals surface area contributed by atoms with E-state index in [-0.39, 0.29) is 0 Å². The van der Waals surface area contributed by atoms with E-state index in [2.05, 4.69) is 15.5 Å². The number of aromatic amines is 1. The SMILES string of the molecule is c1n[nH]cc1NCCC1CCCCC1. The minimum absolute atomic E-state index is 0.961. The van der Waals surface area contributed by atoms with Crippen LogP contribution in [0.4, 0.5) is 5.69 Å². The summed E-state index contributed by atoms with van der Waals surface area (Å²) in [7, 11) is 0. The zero-order valence-corrected chi connectivity index (χ0v) is 8.63. The van der Waals surface area contributed by atoms with Crippen LogP contribution in [0, 0.1) is 5.92 Å². The van der Waals surface area contributed by atoms with Crippen molar-refractivity contribution in [2.24, 2.45) is 5.92 Å². The van der Waals surface area contributed by atoms with E-state index in [1.807, 2.05) is 12.4 Å². The van der Waals surface area contributed by atoms with Gasteiger partial charge in [0.25, 0.3) is 0 Å². The van der Waals surface area contributed by atoms with Crippen LogP contribution in [0.5, 0.6) is 0 Å². The Labute approximate surface area is 85.3 Å². The molecule has 1 aromatic heterocycles. The van der Waals surface area contributed by atoms with Crippen LogP contribution >= 0.6 is 0 Å². The molecule has 0 amide bonds. The van der Waals surface area contributed by atoms with Gasteiger partial charge in [-0.3, -0.25) is 5.10 Å². The van der Waals surface area contributed by atoms with E-state index in [1.165, 1.54) is 38.5 Å². The summed E-state index contributed by atoms with van der Waals surface area (Å²) >= 11 is 0. The summed E-state index contributed by atoms with van der Waals surface area (Å²) in [6, 6.07) is 0. The summed E-state index contributed by atoms with van der Waals surface area (Å²) < 4.78 is 0. The molecule has 1 aromatic rings. The maximum absolute atomic E-state index is 3.90. The molecule has 1 heterocycles. The lowest BCUT2D eigenvalue weighted by Gasteiger charge is -2.21. The van der Waals surface area contributed by atoms with Crippen molar-refractivity contribution in [2.75, 3.05) is 11.9 Å². The van der Waals surface area contributed by atoms with Crippen molar-refractivity contribution < 1.29 is 0 Å². The van der Waals surface area contributed by atoms with Crippen molar-refractivity contribution >= 4 is 5.69 Å². The molecule has 1 aliphatic carbocycles. The standard InChI is InChI=1S/C11H19N3/c1-2-4-10(5-3-1)6-7-12-11-8-13-14-9-11/h8-10,12H,1-7H2,(H,13,14). The van der Waals surface area contributed by atoms with Crippen molar-refractivity contribution in [1.82, 2.24) is 10.2 Å². The average Bonchev–Trinajstić information content (AvgIpc) is 2.72. The number of hydrogen-bond acceptors (Lipinski definition) is 2. The van der Waals surface area contributed by atoms with E-state index in [1.54, 1.807) is 0 Å². The minimum atomic E-state index is 0.961. The molecule has 0 saturated heterocycles. The lowest BCUT2D eigenvalue weighted by Crippen LogP contribution is -2.11. The van der Waals surface area contributed by atoms with Crippen LogP contribution in [0.1, 0.15) is 38.5 Å². The van der Waals surface area contributed by atoms with Gasteiger partial charge in [0, 0.05) is 12.7 Å². The number of anilines is 1. The number of nitrogens with zero attached hydrogens (tertiary/aromatic N) is 1. The fraction of sp³-hybridized carbons (Fsp3) is 0.727. The van der Waals surface area contributed by atoms with Crippen LogP contribution in [0.3, 0.4) is 0 Å². The third kappa shape index (κ3) is 2.76. The second kappa shape index (κ2) is 5.03. The summed E-state index contributed by atoms with van der Waals surface area (Å²) in [6.07, 6.45) is 12.3. The summed E-state index contributed by atoms with van der Waals surface area (Å²) in [6.45, 7) is 1.09. The number of H-pyrrole nitrogens is 1. The Balaban J connectivity index is 1.62. The van der Waals surface area contributed by atoms with Crippen LogP contribution < -0.4 is 5.32 Å². The van der Waals surface area contributed by atoms with E-state index in [0.29, 0.717) is 0 Å². The Bertz CT molecular complexity index is 237. The number of aromatic nitrogens is 2. The molecule has 14 heavy (non-hydrogen) atoms. The number of nitrogens with one attached hydrogen (secondary N) is 2. The molecule has 0 bridgehead atoms. The topological polar surface area (TPSA) is 40.7 Å². The third-order valence-corrected chi connectivity index (χ3v) is 3.10. The molecule has 2 N–H and O–H groups in total. The summed E-state index contributed by atoms with van der Waals surface area (Å²) in [5, 5.41) is 10.1. The van der Waals surface area contributed by atoms with Gasteiger partial charge in [-0.2, -0.15) is 5.10 Å². The van der Waals surface area contributed by atoms with Crippen molar-refractivity contribution in [3.8, 4) is 0 Å².